The highest BCUT2D eigenvalue weighted by atomic mass is 16.5. The van der Waals surface area contributed by atoms with E-state index in [2.05, 4.69) is 17.3 Å². The van der Waals surface area contributed by atoms with Crippen LogP contribution in [0.5, 0.6) is 5.75 Å². The van der Waals surface area contributed by atoms with E-state index in [1.807, 2.05) is 4.68 Å². The number of carbonyl (C=O) groups excluding carboxylic acids is 1. The Morgan fingerprint density at radius 1 is 1.46 bits per heavy atom. The third-order valence-corrected chi connectivity index (χ3v) is 4.23. The third-order valence-electron chi connectivity index (χ3n) is 4.23. The van der Waals surface area contributed by atoms with Crippen molar-refractivity contribution in [3.8, 4) is 5.75 Å². The molecule has 1 saturated carbocycles. The van der Waals surface area contributed by atoms with Gasteiger partial charge in [-0.2, -0.15) is 5.10 Å². The first-order valence-corrected chi connectivity index (χ1v) is 8.32. The minimum Gasteiger partial charge on any atom is -0.496 e. The summed E-state index contributed by atoms with van der Waals surface area (Å²) in [5, 5.41) is 16.7. The van der Waals surface area contributed by atoms with Crippen LogP contribution in [0.3, 0.4) is 0 Å². The molecule has 0 unspecified atom stereocenters. The van der Waals surface area contributed by atoms with Crippen molar-refractivity contribution in [1.29, 1.82) is 0 Å². The molecule has 1 aromatic heterocycles. The fourth-order valence-electron chi connectivity index (χ4n) is 2.93. The number of aryl methyl sites for hydroxylation is 1. The second-order valence-electron chi connectivity index (χ2n) is 6.08. The average Bonchev–Trinajstić information content (AvgIpc) is 3.35. The van der Waals surface area contributed by atoms with Gasteiger partial charge in [0.25, 0.3) is 5.91 Å². The normalized spacial score (nSPS) is 13.8. The van der Waals surface area contributed by atoms with Gasteiger partial charge < -0.3 is 15.2 Å². The zero-order chi connectivity index (χ0) is 17.1. The van der Waals surface area contributed by atoms with Crippen LogP contribution in [0, 0.1) is 0 Å². The largest absolute Gasteiger partial charge is 0.496 e. The van der Waals surface area contributed by atoms with Crippen LogP contribution >= 0.6 is 0 Å². The lowest BCUT2D eigenvalue weighted by molar-refractivity contribution is 0.102. The second-order valence-corrected chi connectivity index (χ2v) is 6.08. The summed E-state index contributed by atoms with van der Waals surface area (Å²) in [6.45, 7) is 2.79. The molecule has 128 valence electrons. The molecule has 1 heterocycles. The lowest BCUT2D eigenvalue weighted by Crippen LogP contribution is -2.15. The second kappa shape index (κ2) is 7.05. The molecule has 1 amide bonds. The Kier molecular flexibility index (Phi) is 4.85. The molecule has 1 aliphatic carbocycles. The Labute approximate surface area is 141 Å². The molecule has 0 radical (unpaired) electrons. The first-order chi connectivity index (χ1) is 11.7. The van der Waals surface area contributed by atoms with E-state index in [1.165, 1.54) is 0 Å². The first kappa shape index (κ1) is 16.5. The van der Waals surface area contributed by atoms with Crippen LogP contribution in [-0.4, -0.2) is 27.9 Å². The summed E-state index contributed by atoms with van der Waals surface area (Å²) in [5.41, 5.74) is 2.96. The van der Waals surface area contributed by atoms with E-state index in [1.54, 1.807) is 31.5 Å². The van der Waals surface area contributed by atoms with Crippen molar-refractivity contribution in [2.75, 3.05) is 12.4 Å². The molecule has 2 N–H and O–H groups in total. The number of amides is 1. The van der Waals surface area contributed by atoms with Crippen LogP contribution in [0.1, 0.15) is 53.7 Å². The number of aromatic nitrogens is 2. The number of hydrogen-bond donors (Lipinski definition) is 2. The summed E-state index contributed by atoms with van der Waals surface area (Å²) < 4.78 is 7.14. The highest BCUT2D eigenvalue weighted by Crippen LogP contribution is 2.41. The van der Waals surface area contributed by atoms with Crippen LogP contribution < -0.4 is 10.1 Å². The van der Waals surface area contributed by atoms with E-state index in [-0.39, 0.29) is 12.5 Å². The van der Waals surface area contributed by atoms with Gasteiger partial charge in [-0.05, 0) is 37.5 Å². The van der Waals surface area contributed by atoms with E-state index in [4.69, 9.17) is 4.74 Å². The van der Waals surface area contributed by atoms with Gasteiger partial charge >= 0.3 is 0 Å². The van der Waals surface area contributed by atoms with Crippen LogP contribution in [0.2, 0.25) is 0 Å². The quantitative estimate of drug-likeness (QED) is 0.819. The van der Waals surface area contributed by atoms with Crippen molar-refractivity contribution in [3.63, 3.8) is 0 Å². The molecule has 1 aromatic carbocycles. The Balaban J connectivity index is 1.83. The van der Waals surface area contributed by atoms with Crippen molar-refractivity contribution >= 4 is 11.6 Å². The van der Waals surface area contributed by atoms with Crippen molar-refractivity contribution in [1.82, 2.24) is 9.78 Å². The maximum Gasteiger partial charge on any atom is 0.259 e. The van der Waals surface area contributed by atoms with E-state index in [0.717, 1.165) is 31.5 Å². The molecule has 0 aliphatic heterocycles. The average molecular weight is 329 g/mol. The summed E-state index contributed by atoms with van der Waals surface area (Å²) >= 11 is 0. The van der Waals surface area contributed by atoms with Crippen molar-refractivity contribution in [2.24, 2.45) is 0 Å². The molecular formula is C18H23N3O3. The maximum absolute atomic E-state index is 12.7. The van der Waals surface area contributed by atoms with Crippen molar-refractivity contribution in [3.05, 3.63) is 41.2 Å². The van der Waals surface area contributed by atoms with Gasteiger partial charge in [0, 0.05) is 23.7 Å². The van der Waals surface area contributed by atoms with Crippen LogP contribution in [-0.2, 0) is 13.2 Å². The standard InChI is InChI=1S/C18H23N3O3/c1-3-8-21-17(12-4-5-12)15(10-19-21)18(23)20-14-6-7-16(24-2)13(9-14)11-22/h6-7,9-10,12,22H,3-5,8,11H2,1-2H3,(H,20,23). The molecule has 1 fully saturated rings. The number of hydrogen-bond acceptors (Lipinski definition) is 4. The predicted molar refractivity (Wildman–Crippen MR) is 91.4 cm³/mol. The molecule has 0 atom stereocenters. The number of rotatable bonds is 7. The van der Waals surface area contributed by atoms with Crippen molar-refractivity contribution < 1.29 is 14.6 Å². The summed E-state index contributed by atoms with van der Waals surface area (Å²) in [6, 6.07) is 5.23. The van der Waals surface area contributed by atoms with E-state index < -0.39 is 0 Å². The monoisotopic (exact) mass is 329 g/mol. The van der Waals surface area contributed by atoms with Gasteiger partial charge in [0.15, 0.2) is 0 Å². The molecule has 24 heavy (non-hydrogen) atoms. The van der Waals surface area contributed by atoms with Crippen molar-refractivity contribution in [2.45, 2.75) is 45.3 Å². The minimum absolute atomic E-state index is 0.144. The van der Waals surface area contributed by atoms with Gasteiger partial charge in [0.05, 0.1) is 31.2 Å². The fraction of sp³-hybridized carbons (Fsp3) is 0.444. The number of carbonyl (C=O) groups is 1. The highest BCUT2D eigenvalue weighted by molar-refractivity contribution is 6.05. The number of aliphatic hydroxyl groups excluding tert-OH is 1. The van der Waals surface area contributed by atoms with Gasteiger partial charge in [-0.15, -0.1) is 0 Å². The summed E-state index contributed by atoms with van der Waals surface area (Å²) in [4.78, 5) is 12.7. The molecule has 3 rings (SSSR count). The molecule has 1 aliphatic rings. The van der Waals surface area contributed by atoms with Gasteiger partial charge in [0.2, 0.25) is 0 Å². The highest BCUT2D eigenvalue weighted by Gasteiger charge is 2.32. The van der Waals surface area contributed by atoms with E-state index in [9.17, 15) is 9.90 Å². The molecule has 6 nitrogen and oxygen atoms in total. The lowest BCUT2D eigenvalue weighted by Gasteiger charge is -2.11. The minimum atomic E-state index is -0.159. The predicted octanol–water partition coefficient (Wildman–Crippen LogP) is 2.92. The molecule has 6 heteroatoms. The van der Waals surface area contributed by atoms with Crippen LogP contribution in [0.4, 0.5) is 5.69 Å². The van der Waals surface area contributed by atoms with E-state index >= 15 is 0 Å². The third kappa shape index (κ3) is 3.28. The van der Waals surface area contributed by atoms with Gasteiger partial charge in [-0.1, -0.05) is 6.92 Å². The Hall–Kier alpha value is -2.34. The number of ether oxygens (including phenoxy) is 1. The number of aliphatic hydroxyl groups is 1. The lowest BCUT2D eigenvalue weighted by atomic mass is 10.1. The molecular weight excluding hydrogens is 306 g/mol. The molecule has 0 saturated heterocycles. The number of nitrogens with one attached hydrogen (secondary N) is 1. The fourth-order valence-corrected chi connectivity index (χ4v) is 2.93. The van der Waals surface area contributed by atoms with Crippen LogP contribution in [0.15, 0.2) is 24.4 Å². The number of nitrogens with zero attached hydrogens (tertiary/aromatic N) is 2. The summed E-state index contributed by atoms with van der Waals surface area (Å²) in [5.74, 6) is 0.891. The van der Waals surface area contributed by atoms with Gasteiger partial charge in [-0.25, -0.2) is 0 Å². The smallest absolute Gasteiger partial charge is 0.259 e. The summed E-state index contributed by atoms with van der Waals surface area (Å²) in [6.07, 6.45) is 4.88. The molecule has 0 spiro atoms. The van der Waals surface area contributed by atoms with Gasteiger partial charge in [0.1, 0.15) is 5.75 Å². The molecule has 2 aromatic rings. The summed E-state index contributed by atoms with van der Waals surface area (Å²) in [7, 11) is 1.55. The zero-order valence-corrected chi connectivity index (χ0v) is 14.1. The zero-order valence-electron chi connectivity index (χ0n) is 14.1. The Morgan fingerprint density at radius 3 is 2.88 bits per heavy atom. The Bertz CT molecular complexity index is 735. The van der Waals surface area contributed by atoms with Gasteiger partial charge in [-0.3, -0.25) is 9.48 Å². The first-order valence-electron chi connectivity index (χ1n) is 8.32. The SMILES string of the molecule is CCCn1ncc(C(=O)Nc2ccc(OC)c(CO)c2)c1C1CC1. The topological polar surface area (TPSA) is 76.4 Å². The maximum atomic E-state index is 12.7. The van der Waals surface area contributed by atoms with E-state index in [0.29, 0.717) is 28.5 Å². The molecule has 0 bridgehead atoms. The number of anilines is 1. The Morgan fingerprint density at radius 2 is 2.25 bits per heavy atom. The van der Waals surface area contributed by atoms with Crippen LogP contribution in [0.25, 0.3) is 0 Å². The number of benzene rings is 1. The number of methoxy groups -OCH3 is 1.